The van der Waals surface area contributed by atoms with Crippen molar-refractivity contribution in [2.75, 3.05) is 5.32 Å². The highest BCUT2D eigenvalue weighted by Gasteiger charge is 2.09. The molecule has 5 nitrogen and oxygen atoms in total. The molecule has 2 N–H and O–H groups in total. The van der Waals surface area contributed by atoms with Gasteiger partial charge in [0, 0.05) is 18.5 Å². The number of aromatic nitrogens is 4. The van der Waals surface area contributed by atoms with Crippen LogP contribution in [0.15, 0.2) is 42.7 Å². The van der Waals surface area contributed by atoms with Crippen molar-refractivity contribution in [3.8, 4) is 0 Å². The van der Waals surface area contributed by atoms with Crippen molar-refractivity contribution < 1.29 is 4.39 Å². The van der Waals surface area contributed by atoms with E-state index < -0.39 is 0 Å². The second-order valence-electron chi connectivity index (χ2n) is 5.76. The van der Waals surface area contributed by atoms with E-state index in [1.165, 1.54) is 12.1 Å². The number of rotatable bonds is 4. The van der Waals surface area contributed by atoms with Crippen LogP contribution in [0.1, 0.15) is 12.5 Å². The van der Waals surface area contributed by atoms with Crippen molar-refractivity contribution in [3.63, 3.8) is 0 Å². The van der Waals surface area contributed by atoms with E-state index in [0.717, 1.165) is 39.9 Å². The summed E-state index contributed by atoms with van der Waals surface area (Å²) in [5, 5.41) is 4.22. The maximum absolute atomic E-state index is 13.0. The molecule has 0 atom stereocenters. The van der Waals surface area contributed by atoms with Gasteiger partial charge in [0.15, 0.2) is 4.77 Å². The molecule has 0 saturated heterocycles. The van der Waals surface area contributed by atoms with Crippen molar-refractivity contribution in [2.24, 2.45) is 0 Å². The quantitative estimate of drug-likeness (QED) is 0.534. The Morgan fingerprint density at radius 3 is 2.76 bits per heavy atom. The molecule has 0 fully saturated rings. The van der Waals surface area contributed by atoms with Crippen LogP contribution < -0.4 is 5.32 Å². The van der Waals surface area contributed by atoms with Crippen LogP contribution in [0.25, 0.3) is 21.9 Å². The highest BCUT2D eigenvalue weighted by molar-refractivity contribution is 7.71. The average Bonchev–Trinajstić information content (AvgIpc) is 2.93. The molecule has 0 spiro atoms. The SMILES string of the molecule is CCn1c(=S)[nH]c2cc3c(NCc4ccc(F)cc4)ncnc3cc21. The molecule has 4 rings (SSSR count). The van der Waals surface area contributed by atoms with Crippen LogP contribution >= 0.6 is 12.2 Å². The first-order chi connectivity index (χ1) is 12.2. The summed E-state index contributed by atoms with van der Waals surface area (Å²) in [5.74, 6) is 0.495. The van der Waals surface area contributed by atoms with Crippen molar-refractivity contribution >= 4 is 40.0 Å². The Balaban J connectivity index is 1.75. The summed E-state index contributed by atoms with van der Waals surface area (Å²) in [4.78, 5) is 12.0. The molecule has 0 amide bonds. The van der Waals surface area contributed by atoms with Crippen LogP contribution in [0.5, 0.6) is 0 Å². The van der Waals surface area contributed by atoms with E-state index in [2.05, 4.69) is 27.2 Å². The first-order valence-electron chi connectivity index (χ1n) is 8.01. The zero-order valence-electron chi connectivity index (χ0n) is 13.6. The van der Waals surface area contributed by atoms with Crippen LogP contribution in [-0.4, -0.2) is 19.5 Å². The van der Waals surface area contributed by atoms with Gasteiger partial charge in [0.25, 0.3) is 0 Å². The fourth-order valence-corrected chi connectivity index (χ4v) is 3.29. The number of benzene rings is 2. The Morgan fingerprint density at radius 2 is 2.00 bits per heavy atom. The number of nitrogens with zero attached hydrogens (tertiary/aromatic N) is 3. The molecular weight excluding hydrogens is 337 g/mol. The highest BCUT2D eigenvalue weighted by Crippen LogP contribution is 2.26. The zero-order chi connectivity index (χ0) is 17.4. The molecule has 7 heteroatoms. The van der Waals surface area contributed by atoms with Gasteiger partial charge in [0.2, 0.25) is 0 Å². The van der Waals surface area contributed by atoms with Crippen LogP contribution in [-0.2, 0) is 13.1 Å². The van der Waals surface area contributed by atoms with Crippen LogP contribution in [0.2, 0.25) is 0 Å². The first-order valence-corrected chi connectivity index (χ1v) is 8.42. The van der Waals surface area contributed by atoms with Crippen LogP contribution in [0.3, 0.4) is 0 Å². The number of hydrogen-bond donors (Lipinski definition) is 2. The Kier molecular flexibility index (Phi) is 3.93. The number of fused-ring (bicyclic) bond motifs is 2. The maximum atomic E-state index is 13.0. The summed E-state index contributed by atoms with van der Waals surface area (Å²) >= 11 is 5.37. The lowest BCUT2D eigenvalue weighted by Gasteiger charge is -2.09. The van der Waals surface area contributed by atoms with E-state index in [4.69, 9.17) is 12.2 Å². The normalized spacial score (nSPS) is 11.3. The minimum atomic E-state index is -0.241. The van der Waals surface area contributed by atoms with E-state index in [0.29, 0.717) is 11.3 Å². The number of H-pyrrole nitrogens is 1. The molecule has 4 aromatic rings. The molecule has 0 saturated carbocycles. The standard InChI is InChI=1S/C18H16FN5S/c1-2-24-16-8-14-13(7-15(16)23-18(24)25)17(22-10-21-14)20-9-11-3-5-12(19)6-4-11/h3-8,10H,2,9H2,1H3,(H,23,25)(H,20,21,22). The second-order valence-corrected chi connectivity index (χ2v) is 6.15. The lowest BCUT2D eigenvalue weighted by molar-refractivity contribution is 0.627. The predicted octanol–water partition coefficient (Wildman–Crippen LogP) is 4.41. The molecule has 0 unspecified atom stereocenters. The Labute approximate surface area is 148 Å². The molecular formula is C18H16FN5S. The van der Waals surface area contributed by atoms with E-state index in [-0.39, 0.29) is 5.82 Å². The van der Waals surface area contributed by atoms with Gasteiger partial charge in [-0.05, 0) is 49.0 Å². The molecule has 0 aliphatic heterocycles. The third kappa shape index (κ3) is 2.87. The fraction of sp³-hybridized carbons (Fsp3) is 0.167. The molecule has 0 radical (unpaired) electrons. The van der Waals surface area contributed by atoms with E-state index in [9.17, 15) is 4.39 Å². The second kappa shape index (κ2) is 6.25. The number of aromatic amines is 1. The van der Waals surface area contributed by atoms with E-state index >= 15 is 0 Å². The number of hydrogen-bond acceptors (Lipinski definition) is 4. The number of aryl methyl sites for hydroxylation is 1. The molecule has 0 bridgehead atoms. The van der Waals surface area contributed by atoms with Gasteiger partial charge in [-0.3, -0.25) is 0 Å². The lowest BCUT2D eigenvalue weighted by Crippen LogP contribution is -2.02. The minimum absolute atomic E-state index is 0.241. The topological polar surface area (TPSA) is 58.5 Å². The third-order valence-corrected chi connectivity index (χ3v) is 4.54. The number of anilines is 1. The average molecular weight is 353 g/mol. The fourth-order valence-electron chi connectivity index (χ4n) is 2.95. The predicted molar refractivity (Wildman–Crippen MR) is 99.6 cm³/mol. The smallest absolute Gasteiger partial charge is 0.178 e. The Bertz CT molecular complexity index is 1110. The Morgan fingerprint density at radius 1 is 1.20 bits per heavy atom. The van der Waals surface area contributed by atoms with Crippen molar-refractivity contribution in [1.29, 1.82) is 0 Å². The monoisotopic (exact) mass is 353 g/mol. The highest BCUT2D eigenvalue weighted by atomic mass is 32.1. The molecule has 0 aliphatic rings. The largest absolute Gasteiger partial charge is 0.365 e. The minimum Gasteiger partial charge on any atom is -0.365 e. The van der Waals surface area contributed by atoms with E-state index in [1.807, 2.05) is 16.7 Å². The number of imidazole rings is 1. The van der Waals surface area contributed by atoms with Crippen molar-refractivity contribution in [1.82, 2.24) is 19.5 Å². The molecule has 2 heterocycles. The Hall–Kier alpha value is -2.80. The zero-order valence-corrected chi connectivity index (χ0v) is 14.4. The van der Waals surface area contributed by atoms with Gasteiger partial charge in [-0.15, -0.1) is 0 Å². The molecule has 2 aromatic carbocycles. The maximum Gasteiger partial charge on any atom is 0.178 e. The molecule has 0 aliphatic carbocycles. The molecule has 25 heavy (non-hydrogen) atoms. The van der Waals surface area contributed by atoms with Crippen LogP contribution in [0, 0.1) is 10.6 Å². The van der Waals surface area contributed by atoms with Gasteiger partial charge in [-0.25, -0.2) is 14.4 Å². The first kappa shape index (κ1) is 15.7. The van der Waals surface area contributed by atoms with Gasteiger partial charge in [0.05, 0.1) is 16.6 Å². The van der Waals surface area contributed by atoms with Crippen LogP contribution in [0.4, 0.5) is 10.2 Å². The third-order valence-electron chi connectivity index (χ3n) is 4.22. The summed E-state index contributed by atoms with van der Waals surface area (Å²) in [5.41, 5.74) is 3.81. The molecule has 2 aromatic heterocycles. The summed E-state index contributed by atoms with van der Waals surface area (Å²) in [6.45, 7) is 3.41. The molecule has 126 valence electrons. The lowest BCUT2D eigenvalue weighted by atomic mass is 10.2. The van der Waals surface area contributed by atoms with E-state index in [1.54, 1.807) is 18.5 Å². The van der Waals surface area contributed by atoms with Gasteiger partial charge in [-0.1, -0.05) is 12.1 Å². The number of halogens is 1. The summed E-state index contributed by atoms with van der Waals surface area (Å²) in [7, 11) is 0. The summed E-state index contributed by atoms with van der Waals surface area (Å²) in [6, 6.07) is 10.4. The van der Waals surface area contributed by atoms with Crippen molar-refractivity contribution in [2.45, 2.75) is 20.0 Å². The van der Waals surface area contributed by atoms with Gasteiger partial charge in [0.1, 0.15) is 18.0 Å². The summed E-state index contributed by atoms with van der Waals surface area (Å²) < 4.78 is 15.8. The van der Waals surface area contributed by atoms with Gasteiger partial charge < -0.3 is 14.9 Å². The van der Waals surface area contributed by atoms with Gasteiger partial charge >= 0.3 is 0 Å². The van der Waals surface area contributed by atoms with Gasteiger partial charge in [-0.2, -0.15) is 0 Å². The summed E-state index contributed by atoms with van der Waals surface area (Å²) in [6.07, 6.45) is 1.54. The van der Waals surface area contributed by atoms with Crippen molar-refractivity contribution in [3.05, 3.63) is 58.9 Å². The number of nitrogens with one attached hydrogen (secondary N) is 2.